The van der Waals surface area contributed by atoms with Crippen molar-refractivity contribution in [2.45, 2.75) is 65.5 Å². The van der Waals surface area contributed by atoms with Crippen molar-refractivity contribution in [1.29, 1.82) is 0 Å². The maximum atomic E-state index is 14.5. The van der Waals surface area contributed by atoms with Crippen molar-refractivity contribution in [3.63, 3.8) is 0 Å². The molecule has 1 aromatic heterocycles. The topological polar surface area (TPSA) is 90.7 Å². The summed E-state index contributed by atoms with van der Waals surface area (Å²) >= 11 is 7.14. The van der Waals surface area contributed by atoms with Crippen LogP contribution < -0.4 is 10.2 Å². The van der Waals surface area contributed by atoms with E-state index in [2.05, 4.69) is 68.9 Å². The molecule has 2 N–H and O–H groups in total. The van der Waals surface area contributed by atoms with E-state index < -0.39 is 9.68 Å². The molecule has 5 rings (SSSR count). The smallest absolute Gasteiger partial charge is 0.274 e. The minimum atomic E-state index is -0.916. The Morgan fingerprint density at radius 2 is 1.70 bits per heavy atom. The second-order valence-electron chi connectivity index (χ2n) is 12.2. The molecule has 2 heterocycles. The van der Waals surface area contributed by atoms with Crippen LogP contribution in [0, 0.1) is 6.92 Å². The van der Waals surface area contributed by atoms with Crippen LogP contribution in [-0.4, -0.2) is 71.9 Å². The molecule has 0 radical (unpaired) electrons. The summed E-state index contributed by atoms with van der Waals surface area (Å²) in [5, 5.41) is 16.4. The average Bonchev–Trinajstić information content (AvgIpc) is 3.48. The summed E-state index contributed by atoms with van der Waals surface area (Å²) in [6.07, 6.45) is 4.48. The van der Waals surface area contributed by atoms with Crippen molar-refractivity contribution in [3.8, 4) is 5.69 Å². The molecule has 1 aliphatic heterocycles. The van der Waals surface area contributed by atoms with Crippen molar-refractivity contribution < 1.29 is 14.7 Å². The molecule has 2 amide bonds. The van der Waals surface area contributed by atoms with Gasteiger partial charge >= 0.3 is 0 Å². The molecular weight excluding hydrogens is 738 g/mol. The first-order chi connectivity index (χ1) is 22.7. The Kier molecular flexibility index (Phi) is 12.1. The van der Waals surface area contributed by atoms with E-state index >= 15 is 0 Å². The first kappa shape index (κ1) is 35.1. The third kappa shape index (κ3) is 8.25. The Balaban J connectivity index is 1.52. The molecule has 0 saturated heterocycles. The lowest BCUT2D eigenvalue weighted by Crippen LogP contribution is -2.46. The van der Waals surface area contributed by atoms with E-state index in [-0.39, 0.29) is 24.5 Å². The number of halogens is 2. The standard InChI is InChI=1S/C36H43Br2N5O3Si/c1-4-6-16-41(17-7-5-2)36(46)33-18-24(3)43(39-33)34-15-12-27(40-47-29-13-14-31(37)32(38)21-29)20-30(34)35(45)42-22-26-11-9-8-10-25(26)19-28(42)23-44/h8-15,18,20-21,28,40,44H,4-7,16-17,19,22-23,47H2,1-3H3. The van der Waals surface area contributed by atoms with Crippen LogP contribution in [0.15, 0.2) is 75.7 Å². The van der Waals surface area contributed by atoms with Crippen molar-refractivity contribution in [1.82, 2.24) is 19.6 Å². The number of carbonyl (C=O) groups excluding carboxylic acids is 2. The molecule has 0 saturated carbocycles. The Hall–Kier alpha value is -3.25. The highest BCUT2D eigenvalue weighted by atomic mass is 79.9. The molecular formula is C36H43Br2N5O3Si. The van der Waals surface area contributed by atoms with Crippen molar-refractivity contribution in [2.24, 2.45) is 0 Å². The minimum absolute atomic E-state index is 0.0837. The fourth-order valence-electron chi connectivity index (χ4n) is 6.00. The van der Waals surface area contributed by atoms with Gasteiger partial charge in [0.1, 0.15) is 0 Å². The molecule has 1 atom stereocenters. The van der Waals surface area contributed by atoms with E-state index in [1.807, 2.05) is 60.4 Å². The summed E-state index contributed by atoms with van der Waals surface area (Å²) in [5.74, 6) is -0.264. The number of amides is 2. The number of aliphatic hydroxyl groups excluding tert-OH is 1. The van der Waals surface area contributed by atoms with E-state index in [0.717, 1.165) is 57.1 Å². The first-order valence-corrected chi connectivity index (χ1v) is 19.4. The van der Waals surface area contributed by atoms with Crippen LogP contribution in [0.3, 0.4) is 0 Å². The fraction of sp³-hybridized carbons (Fsp3) is 0.361. The van der Waals surface area contributed by atoms with Gasteiger partial charge in [-0.05, 0) is 111 Å². The predicted molar refractivity (Wildman–Crippen MR) is 199 cm³/mol. The number of fused-ring (bicyclic) bond motifs is 1. The Bertz CT molecular complexity index is 1720. The van der Waals surface area contributed by atoms with Gasteiger partial charge in [0.2, 0.25) is 0 Å². The Labute approximate surface area is 296 Å². The number of anilines is 1. The number of aryl methyl sites for hydroxylation is 1. The second kappa shape index (κ2) is 16.2. The summed E-state index contributed by atoms with van der Waals surface area (Å²) in [4.78, 5) is 35.5. The average molecular weight is 782 g/mol. The molecule has 47 heavy (non-hydrogen) atoms. The maximum absolute atomic E-state index is 14.5. The molecule has 0 fully saturated rings. The second-order valence-corrected chi connectivity index (χ2v) is 15.4. The molecule has 8 nitrogen and oxygen atoms in total. The number of hydrogen-bond acceptors (Lipinski definition) is 5. The lowest BCUT2D eigenvalue weighted by atomic mass is 9.93. The SMILES string of the molecule is CCCCN(CCCC)C(=O)c1cc(C)n(-c2ccc(N[SiH2]c3ccc(Br)c(Br)c3)cc2C(=O)N2Cc3ccccc3CC2CO)n1. The van der Waals surface area contributed by atoms with Crippen molar-refractivity contribution >= 4 is 64.2 Å². The third-order valence-electron chi connectivity index (χ3n) is 8.72. The zero-order valence-corrected chi connectivity index (χ0v) is 31.9. The minimum Gasteiger partial charge on any atom is -0.412 e. The number of benzene rings is 3. The summed E-state index contributed by atoms with van der Waals surface area (Å²) in [5.41, 5.74) is 5.30. The van der Waals surface area contributed by atoms with E-state index in [9.17, 15) is 14.7 Å². The zero-order chi connectivity index (χ0) is 33.5. The van der Waals surface area contributed by atoms with Crippen LogP contribution >= 0.6 is 31.9 Å². The summed E-state index contributed by atoms with van der Waals surface area (Å²) in [7, 11) is -0.916. The Morgan fingerprint density at radius 1 is 0.979 bits per heavy atom. The highest BCUT2D eigenvalue weighted by Crippen LogP contribution is 2.29. The van der Waals surface area contributed by atoms with Crippen LogP contribution in [0.25, 0.3) is 5.69 Å². The van der Waals surface area contributed by atoms with Gasteiger partial charge in [-0.3, -0.25) is 9.59 Å². The van der Waals surface area contributed by atoms with Crippen LogP contribution in [0.5, 0.6) is 0 Å². The predicted octanol–water partition coefficient (Wildman–Crippen LogP) is 6.13. The number of aliphatic hydroxyl groups is 1. The number of nitrogens with one attached hydrogen (secondary N) is 1. The van der Waals surface area contributed by atoms with Gasteiger partial charge in [0.05, 0.1) is 23.9 Å². The van der Waals surface area contributed by atoms with Gasteiger partial charge in [-0.1, -0.05) is 57.0 Å². The lowest BCUT2D eigenvalue weighted by molar-refractivity contribution is 0.0544. The largest absolute Gasteiger partial charge is 0.412 e. The van der Waals surface area contributed by atoms with Crippen molar-refractivity contribution in [3.05, 3.63) is 104 Å². The maximum Gasteiger partial charge on any atom is 0.274 e. The monoisotopic (exact) mass is 779 g/mol. The highest BCUT2D eigenvalue weighted by molar-refractivity contribution is 9.13. The summed E-state index contributed by atoms with van der Waals surface area (Å²) < 4.78 is 3.72. The number of unbranched alkanes of at least 4 members (excludes halogenated alkanes) is 2. The molecule has 0 bridgehead atoms. The van der Waals surface area contributed by atoms with Gasteiger partial charge in [0, 0.05) is 40.0 Å². The van der Waals surface area contributed by atoms with Crippen LogP contribution in [-0.2, 0) is 13.0 Å². The van der Waals surface area contributed by atoms with E-state index in [1.165, 1.54) is 5.19 Å². The van der Waals surface area contributed by atoms with Crippen molar-refractivity contribution in [2.75, 3.05) is 24.7 Å². The number of aromatic nitrogens is 2. The van der Waals surface area contributed by atoms with Gasteiger partial charge in [-0.2, -0.15) is 5.10 Å². The molecule has 0 aliphatic carbocycles. The third-order valence-corrected chi connectivity index (χ3v) is 12.0. The zero-order valence-electron chi connectivity index (χ0n) is 27.3. The molecule has 1 unspecified atom stereocenters. The van der Waals surface area contributed by atoms with Gasteiger partial charge in [-0.15, -0.1) is 0 Å². The molecule has 0 spiro atoms. The molecule has 3 aromatic carbocycles. The van der Waals surface area contributed by atoms with E-state index in [0.29, 0.717) is 43.0 Å². The molecule has 1 aliphatic rings. The highest BCUT2D eigenvalue weighted by Gasteiger charge is 2.32. The van der Waals surface area contributed by atoms with Crippen LogP contribution in [0.2, 0.25) is 0 Å². The van der Waals surface area contributed by atoms with Crippen LogP contribution in [0.1, 0.15) is 77.2 Å². The molecule has 248 valence electrons. The number of hydrogen-bond donors (Lipinski definition) is 2. The Morgan fingerprint density at radius 3 is 2.38 bits per heavy atom. The van der Waals surface area contributed by atoms with Gasteiger partial charge in [-0.25, -0.2) is 4.68 Å². The van der Waals surface area contributed by atoms with Gasteiger partial charge in [0.15, 0.2) is 15.4 Å². The number of nitrogens with zero attached hydrogens (tertiary/aromatic N) is 4. The molecule has 4 aromatic rings. The lowest BCUT2D eigenvalue weighted by Gasteiger charge is -2.36. The number of rotatable bonds is 13. The van der Waals surface area contributed by atoms with Gasteiger partial charge in [0.25, 0.3) is 11.8 Å². The van der Waals surface area contributed by atoms with E-state index in [4.69, 9.17) is 5.10 Å². The van der Waals surface area contributed by atoms with Gasteiger partial charge < -0.3 is 19.9 Å². The number of carbonyl (C=O) groups is 2. The van der Waals surface area contributed by atoms with E-state index in [1.54, 1.807) is 9.58 Å². The van der Waals surface area contributed by atoms with Crippen LogP contribution in [0.4, 0.5) is 5.69 Å². The summed E-state index contributed by atoms with van der Waals surface area (Å²) in [6.45, 7) is 7.83. The quantitative estimate of drug-likeness (QED) is 0.160. The summed E-state index contributed by atoms with van der Waals surface area (Å²) in [6, 6.07) is 21.6. The fourth-order valence-corrected chi connectivity index (χ4v) is 8.14. The first-order valence-electron chi connectivity index (χ1n) is 16.4. The normalized spacial score (nSPS) is 14.4. The molecule has 11 heteroatoms.